The molecule has 5 rings (SSSR count). The van der Waals surface area contributed by atoms with Crippen molar-refractivity contribution in [2.75, 3.05) is 12.0 Å². The van der Waals surface area contributed by atoms with Crippen LogP contribution in [0.3, 0.4) is 0 Å². The maximum absolute atomic E-state index is 13.5. The van der Waals surface area contributed by atoms with Gasteiger partial charge in [0.05, 0.1) is 24.6 Å². The number of hydrogen-bond donors (Lipinski definition) is 0. The van der Waals surface area contributed by atoms with Crippen LogP contribution >= 0.6 is 0 Å². The first-order valence-electron chi connectivity index (χ1n) is 10.4. The van der Waals surface area contributed by atoms with E-state index in [1.807, 2.05) is 18.2 Å². The molecule has 0 N–H and O–H groups in total. The first kappa shape index (κ1) is 19.5. The molecule has 1 saturated carbocycles. The lowest BCUT2D eigenvalue weighted by Crippen LogP contribution is -2.33. The van der Waals surface area contributed by atoms with Crippen LogP contribution in [-0.4, -0.2) is 24.7 Å². The average Bonchev–Trinajstić information content (AvgIpc) is 3.42. The third kappa shape index (κ3) is 2.73. The molecule has 2 bridgehead atoms. The van der Waals surface area contributed by atoms with Crippen molar-refractivity contribution < 1.29 is 19.1 Å². The van der Waals surface area contributed by atoms with Crippen molar-refractivity contribution in [3.05, 3.63) is 77.4 Å². The Kier molecular flexibility index (Phi) is 4.43. The van der Waals surface area contributed by atoms with Crippen molar-refractivity contribution >= 4 is 28.9 Å². The van der Waals surface area contributed by atoms with Gasteiger partial charge >= 0.3 is 0 Å². The molecule has 5 heteroatoms. The van der Waals surface area contributed by atoms with E-state index in [9.17, 15) is 14.4 Å². The summed E-state index contributed by atoms with van der Waals surface area (Å²) in [6, 6.07) is 15.0. The van der Waals surface area contributed by atoms with E-state index in [1.165, 1.54) is 24.5 Å². The fraction of sp³-hybridized carbons (Fsp3) is 0.269. The standard InChI is InChI=1S/C26H23NO4/c1-14(16-7-5-4-6-8-16)22-18-10-11-19(22)24-23(18)25(29)27(26(24)30)20-13-17(15(2)28)9-12-21(20)31-3/h4-13,18-19,23-24H,1-3H3/t18-,19-,23+,24+/m0/s1. The van der Waals surface area contributed by atoms with Crippen LogP contribution in [0, 0.1) is 23.7 Å². The van der Waals surface area contributed by atoms with E-state index in [2.05, 4.69) is 31.2 Å². The van der Waals surface area contributed by atoms with Gasteiger partial charge in [0.25, 0.3) is 0 Å². The van der Waals surface area contributed by atoms with E-state index in [1.54, 1.807) is 18.2 Å². The molecular weight excluding hydrogens is 390 g/mol. The molecule has 1 saturated heterocycles. The molecule has 4 atom stereocenters. The summed E-state index contributed by atoms with van der Waals surface area (Å²) in [6.45, 7) is 3.53. The molecule has 2 fully saturated rings. The van der Waals surface area contributed by atoms with E-state index in [4.69, 9.17) is 4.74 Å². The largest absolute Gasteiger partial charge is 0.495 e. The Morgan fingerprint density at radius 3 is 2.03 bits per heavy atom. The van der Waals surface area contributed by atoms with Crippen molar-refractivity contribution in [3.8, 4) is 5.75 Å². The number of ether oxygens (including phenoxy) is 1. The van der Waals surface area contributed by atoms with Crippen LogP contribution in [0.5, 0.6) is 5.75 Å². The number of allylic oxidation sites excluding steroid dienone is 4. The molecular formula is C26H23NO4. The van der Waals surface area contributed by atoms with Crippen LogP contribution in [0.15, 0.2) is 66.3 Å². The zero-order valence-corrected chi connectivity index (χ0v) is 17.7. The number of imide groups is 1. The van der Waals surface area contributed by atoms with Gasteiger partial charge in [-0.2, -0.15) is 0 Å². The highest BCUT2D eigenvalue weighted by atomic mass is 16.5. The number of Topliss-reactive ketones (excluding diaryl/α,β-unsaturated/α-hetero) is 1. The van der Waals surface area contributed by atoms with Crippen molar-refractivity contribution in [3.63, 3.8) is 0 Å². The number of amides is 2. The molecule has 0 radical (unpaired) electrons. The molecule has 2 amide bonds. The van der Waals surface area contributed by atoms with Gasteiger partial charge in [0, 0.05) is 17.4 Å². The fourth-order valence-electron chi connectivity index (χ4n) is 5.44. The van der Waals surface area contributed by atoms with Gasteiger partial charge in [-0.15, -0.1) is 0 Å². The minimum absolute atomic E-state index is 0.0846. The van der Waals surface area contributed by atoms with Crippen molar-refractivity contribution in [2.24, 2.45) is 23.7 Å². The molecule has 2 aromatic carbocycles. The number of carbonyl (C=O) groups excluding carboxylic acids is 3. The van der Waals surface area contributed by atoms with Crippen molar-refractivity contribution in [2.45, 2.75) is 13.8 Å². The Morgan fingerprint density at radius 1 is 0.871 bits per heavy atom. The highest BCUT2D eigenvalue weighted by molar-refractivity contribution is 6.24. The second-order valence-corrected chi connectivity index (χ2v) is 8.39. The highest BCUT2D eigenvalue weighted by Gasteiger charge is 2.62. The van der Waals surface area contributed by atoms with Crippen LogP contribution in [0.4, 0.5) is 5.69 Å². The first-order valence-corrected chi connectivity index (χ1v) is 10.4. The molecule has 2 aromatic rings. The summed E-state index contributed by atoms with van der Waals surface area (Å²) in [4.78, 5) is 40.2. The van der Waals surface area contributed by atoms with Crippen LogP contribution in [0.25, 0.3) is 5.57 Å². The van der Waals surface area contributed by atoms with Gasteiger partial charge in [-0.25, -0.2) is 4.90 Å². The van der Waals surface area contributed by atoms with Crippen LogP contribution in [0.2, 0.25) is 0 Å². The van der Waals surface area contributed by atoms with Crippen molar-refractivity contribution in [1.29, 1.82) is 0 Å². The Hall–Kier alpha value is -3.47. The number of ketones is 1. The fourth-order valence-corrected chi connectivity index (χ4v) is 5.44. The Bertz CT molecular complexity index is 1140. The highest BCUT2D eigenvalue weighted by Crippen LogP contribution is 2.58. The molecule has 3 aliphatic rings. The van der Waals surface area contributed by atoms with Gasteiger partial charge in [0.2, 0.25) is 11.8 Å². The van der Waals surface area contributed by atoms with Gasteiger partial charge < -0.3 is 4.74 Å². The second kappa shape index (κ2) is 7.05. The summed E-state index contributed by atoms with van der Waals surface area (Å²) >= 11 is 0. The number of nitrogens with zero attached hydrogens (tertiary/aromatic N) is 1. The molecule has 0 unspecified atom stereocenters. The van der Waals surface area contributed by atoms with Gasteiger partial charge in [0.15, 0.2) is 5.78 Å². The summed E-state index contributed by atoms with van der Waals surface area (Å²) in [7, 11) is 1.49. The lowest BCUT2D eigenvalue weighted by molar-refractivity contribution is -0.123. The topological polar surface area (TPSA) is 63.7 Å². The SMILES string of the molecule is COc1ccc(C(C)=O)cc1N1C(=O)[C@H]2[C@H](C1=O)[C@H]1C=C[C@H]2C1=C(C)c1ccccc1. The predicted octanol–water partition coefficient (Wildman–Crippen LogP) is 4.29. The first-order chi connectivity index (χ1) is 14.9. The van der Waals surface area contributed by atoms with E-state index in [-0.39, 0.29) is 29.4 Å². The number of rotatable bonds is 4. The molecule has 1 aliphatic heterocycles. The van der Waals surface area contributed by atoms with E-state index < -0.39 is 11.8 Å². The number of anilines is 1. The van der Waals surface area contributed by atoms with Crippen LogP contribution < -0.4 is 9.64 Å². The van der Waals surface area contributed by atoms with Crippen molar-refractivity contribution in [1.82, 2.24) is 0 Å². The quantitative estimate of drug-likeness (QED) is 0.426. The lowest BCUT2D eigenvalue weighted by Gasteiger charge is -2.22. The number of hydrogen-bond acceptors (Lipinski definition) is 4. The molecule has 156 valence electrons. The third-order valence-electron chi connectivity index (χ3n) is 6.88. The molecule has 1 heterocycles. The van der Waals surface area contributed by atoms with Gasteiger partial charge in [-0.3, -0.25) is 14.4 Å². The van der Waals surface area contributed by atoms with Gasteiger partial charge in [-0.05, 0) is 43.2 Å². The molecule has 5 nitrogen and oxygen atoms in total. The normalized spacial score (nSPS) is 25.9. The predicted molar refractivity (Wildman–Crippen MR) is 118 cm³/mol. The Morgan fingerprint density at radius 2 is 1.48 bits per heavy atom. The van der Waals surface area contributed by atoms with E-state index in [0.717, 1.165) is 11.1 Å². The molecule has 31 heavy (non-hydrogen) atoms. The summed E-state index contributed by atoms with van der Waals surface area (Å²) in [6.07, 6.45) is 4.15. The zero-order chi connectivity index (χ0) is 21.9. The summed E-state index contributed by atoms with van der Waals surface area (Å²) in [5, 5.41) is 0. The minimum Gasteiger partial charge on any atom is -0.495 e. The smallest absolute Gasteiger partial charge is 0.238 e. The van der Waals surface area contributed by atoms with Crippen LogP contribution in [-0.2, 0) is 9.59 Å². The zero-order valence-electron chi connectivity index (χ0n) is 17.7. The maximum atomic E-state index is 13.5. The van der Waals surface area contributed by atoms with E-state index >= 15 is 0 Å². The van der Waals surface area contributed by atoms with Crippen LogP contribution in [0.1, 0.15) is 29.8 Å². The summed E-state index contributed by atoms with van der Waals surface area (Å²) < 4.78 is 5.42. The maximum Gasteiger partial charge on any atom is 0.238 e. The Balaban J connectivity index is 1.57. The molecule has 2 aliphatic carbocycles. The van der Waals surface area contributed by atoms with E-state index in [0.29, 0.717) is 17.0 Å². The third-order valence-corrected chi connectivity index (χ3v) is 6.88. The number of fused-ring (bicyclic) bond motifs is 5. The monoisotopic (exact) mass is 413 g/mol. The number of carbonyl (C=O) groups is 3. The number of benzene rings is 2. The molecule has 0 spiro atoms. The second-order valence-electron chi connectivity index (χ2n) is 8.39. The summed E-state index contributed by atoms with van der Waals surface area (Å²) in [5.41, 5.74) is 4.22. The van der Waals surface area contributed by atoms with Gasteiger partial charge in [0.1, 0.15) is 5.75 Å². The molecule has 0 aromatic heterocycles. The lowest BCUT2D eigenvalue weighted by atomic mass is 9.85. The minimum atomic E-state index is -0.415. The number of methoxy groups -OCH3 is 1. The Labute approximate surface area is 181 Å². The average molecular weight is 413 g/mol. The summed E-state index contributed by atoms with van der Waals surface area (Å²) in [5.74, 6) is -1.16. The van der Waals surface area contributed by atoms with Gasteiger partial charge in [-0.1, -0.05) is 48.1 Å².